The van der Waals surface area contributed by atoms with Crippen LogP contribution in [0.15, 0.2) is 33.1 Å². The van der Waals surface area contributed by atoms with Gasteiger partial charge in [-0.15, -0.1) is 0 Å². The first-order valence-corrected chi connectivity index (χ1v) is 11.6. The van der Waals surface area contributed by atoms with Gasteiger partial charge < -0.3 is 18.7 Å². The number of carbonyl (C=O) groups is 2. The average Bonchev–Trinajstić information content (AvgIpc) is 3.23. The van der Waals surface area contributed by atoms with Gasteiger partial charge in [0.1, 0.15) is 28.2 Å². The summed E-state index contributed by atoms with van der Waals surface area (Å²) in [6.45, 7) is 1.66. The van der Waals surface area contributed by atoms with E-state index >= 15 is 0 Å². The molecule has 1 unspecified atom stereocenters. The lowest BCUT2D eigenvalue weighted by Gasteiger charge is -2.15. The lowest BCUT2D eigenvalue weighted by atomic mass is 10.1. The van der Waals surface area contributed by atoms with Crippen molar-refractivity contribution in [1.29, 1.82) is 5.26 Å². The van der Waals surface area contributed by atoms with E-state index in [9.17, 15) is 20.0 Å². The maximum absolute atomic E-state index is 12.5. The van der Waals surface area contributed by atoms with Crippen LogP contribution < -0.4 is 5.32 Å². The fraction of sp³-hybridized carbons (Fsp3) is 0.217. The molecule has 1 aliphatic carbocycles. The van der Waals surface area contributed by atoms with Crippen LogP contribution in [-0.4, -0.2) is 31.5 Å². The number of rotatable bonds is 5. The van der Waals surface area contributed by atoms with E-state index in [1.807, 2.05) is 6.07 Å². The lowest BCUT2D eigenvalue weighted by molar-refractivity contribution is -0.140. The van der Waals surface area contributed by atoms with E-state index in [0.717, 1.165) is 11.5 Å². The molecule has 0 spiro atoms. The number of hydrogen-bond acceptors (Lipinski definition) is 10. The molecule has 180 valence electrons. The zero-order valence-corrected chi connectivity index (χ0v) is 19.9. The van der Waals surface area contributed by atoms with Gasteiger partial charge in [-0.25, -0.2) is 4.79 Å². The predicted molar refractivity (Wildman–Crippen MR) is 125 cm³/mol. The predicted octanol–water partition coefficient (Wildman–Crippen LogP) is 4.62. The minimum absolute atomic E-state index is 0.0393. The summed E-state index contributed by atoms with van der Waals surface area (Å²) in [6.07, 6.45) is -0.610. The Kier molecular flexibility index (Phi) is 5.84. The standard InChI is InChI=1S/C23H14ClN5O6S/c1-11(12-4-2-3-5-13(12)24)33-22(32)27-17-14(10-25)29-36-15(17)6-7-16-26-18-19(34-16)35-20(28-18)23(8-9-23)21(30)31/h2-5,11H,8-9H2,1H3,(H,27,32)(H,30,31). The molecular weight excluding hydrogens is 510 g/mol. The molecule has 1 saturated carbocycles. The molecule has 4 aromatic rings. The number of hydrogen-bond donors (Lipinski definition) is 2. The van der Waals surface area contributed by atoms with E-state index < -0.39 is 23.6 Å². The normalized spacial score (nSPS) is 14.4. The summed E-state index contributed by atoms with van der Waals surface area (Å²) in [5.74, 6) is 4.37. The van der Waals surface area contributed by atoms with Crippen LogP contribution in [0.3, 0.4) is 0 Å². The zero-order chi connectivity index (χ0) is 25.4. The summed E-state index contributed by atoms with van der Waals surface area (Å²) in [5.41, 5.74) is -0.357. The smallest absolute Gasteiger partial charge is 0.412 e. The highest BCUT2D eigenvalue weighted by Crippen LogP contribution is 2.48. The number of oxazole rings is 2. The highest BCUT2D eigenvalue weighted by atomic mass is 35.5. The number of amides is 1. The Bertz CT molecular complexity index is 1590. The van der Waals surface area contributed by atoms with Gasteiger partial charge in [-0.3, -0.25) is 10.1 Å². The monoisotopic (exact) mass is 523 g/mol. The van der Waals surface area contributed by atoms with Crippen molar-refractivity contribution in [3.05, 3.63) is 57.2 Å². The molecule has 0 bridgehead atoms. The number of anilines is 1. The number of nitrogens with zero attached hydrogens (tertiary/aromatic N) is 4. The lowest BCUT2D eigenvalue weighted by Crippen LogP contribution is -2.19. The molecule has 11 nitrogen and oxygen atoms in total. The van der Waals surface area contributed by atoms with Crippen molar-refractivity contribution in [3.63, 3.8) is 0 Å². The van der Waals surface area contributed by atoms with E-state index in [2.05, 4.69) is 31.5 Å². The third kappa shape index (κ3) is 4.24. The first-order chi connectivity index (χ1) is 17.3. The Balaban J connectivity index is 1.33. The van der Waals surface area contributed by atoms with Crippen LogP contribution >= 0.6 is 23.1 Å². The minimum atomic E-state index is -1.12. The largest absolute Gasteiger partial charge is 0.480 e. The van der Waals surface area contributed by atoms with Gasteiger partial charge in [0.2, 0.25) is 11.5 Å². The molecule has 3 aromatic heterocycles. The molecule has 0 saturated heterocycles. The van der Waals surface area contributed by atoms with Gasteiger partial charge in [0.15, 0.2) is 5.69 Å². The quantitative estimate of drug-likeness (QED) is 0.352. The van der Waals surface area contributed by atoms with Crippen LogP contribution in [0.4, 0.5) is 10.5 Å². The van der Waals surface area contributed by atoms with Crippen molar-refractivity contribution >= 4 is 52.3 Å². The van der Waals surface area contributed by atoms with Gasteiger partial charge in [-0.05, 0) is 49.2 Å². The molecule has 36 heavy (non-hydrogen) atoms. The molecule has 1 atom stereocenters. The fourth-order valence-corrected chi connectivity index (χ4v) is 4.32. The Morgan fingerprint density at radius 1 is 1.28 bits per heavy atom. The molecule has 2 N–H and O–H groups in total. The Hall–Kier alpha value is -4.39. The first kappa shape index (κ1) is 23.4. The van der Waals surface area contributed by atoms with Gasteiger partial charge in [-0.1, -0.05) is 29.8 Å². The SMILES string of the molecule is CC(OC(=O)Nc1c(C#N)nsc1C#Cc1nc2nc(C3(C(=O)O)CC3)oc2o1)c1ccccc1Cl. The summed E-state index contributed by atoms with van der Waals surface area (Å²) < 4.78 is 20.3. The fourth-order valence-electron chi connectivity index (χ4n) is 3.38. The summed E-state index contributed by atoms with van der Waals surface area (Å²) in [5, 5.41) is 21.7. The Morgan fingerprint density at radius 3 is 2.72 bits per heavy atom. The zero-order valence-electron chi connectivity index (χ0n) is 18.4. The molecule has 5 rings (SSSR count). The number of ether oxygens (including phenoxy) is 1. The van der Waals surface area contributed by atoms with Crippen molar-refractivity contribution in [2.75, 3.05) is 5.32 Å². The molecule has 1 amide bonds. The second-order valence-electron chi connectivity index (χ2n) is 7.83. The maximum Gasteiger partial charge on any atom is 0.412 e. The molecule has 1 aromatic carbocycles. The number of carboxylic acids is 1. The number of fused-ring (bicyclic) bond motifs is 1. The number of carbonyl (C=O) groups excluding carboxylic acids is 1. The molecule has 1 aliphatic rings. The van der Waals surface area contributed by atoms with E-state index in [1.54, 1.807) is 31.2 Å². The summed E-state index contributed by atoms with van der Waals surface area (Å²) in [6, 6.07) is 8.85. The topological polar surface area (TPSA) is 164 Å². The molecule has 3 heterocycles. The molecule has 0 aliphatic heterocycles. The number of nitriles is 1. The Labute approximate surface area is 211 Å². The minimum Gasteiger partial charge on any atom is -0.480 e. The molecular formula is C23H14ClN5O6S. The van der Waals surface area contributed by atoms with Gasteiger partial charge in [0.25, 0.3) is 5.89 Å². The second kappa shape index (κ2) is 9.00. The van der Waals surface area contributed by atoms with Crippen molar-refractivity contribution in [1.82, 2.24) is 14.3 Å². The van der Waals surface area contributed by atoms with E-state index in [-0.39, 0.29) is 39.5 Å². The van der Waals surface area contributed by atoms with Crippen molar-refractivity contribution < 1.29 is 28.3 Å². The summed E-state index contributed by atoms with van der Waals surface area (Å²) >= 11 is 7.05. The highest BCUT2D eigenvalue weighted by Gasteiger charge is 2.56. The van der Waals surface area contributed by atoms with Crippen LogP contribution in [0.5, 0.6) is 0 Å². The van der Waals surface area contributed by atoms with Crippen LogP contribution in [0, 0.1) is 23.2 Å². The summed E-state index contributed by atoms with van der Waals surface area (Å²) in [7, 11) is 0. The van der Waals surface area contributed by atoms with Gasteiger partial charge in [-0.2, -0.15) is 19.6 Å². The Morgan fingerprint density at radius 2 is 2.06 bits per heavy atom. The van der Waals surface area contributed by atoms with Gasteiger partial charge in [0, 0.05) is 10.6 Å². The van der Waals surface area contributed by atoms with Crippen molar-refractivity contribution in [2.45, 2.75) is 31.3 Å². The van der Waals surface area contributed by atoms with Crippen LogP contribution in [0.1, 0.15) is 53.8 Å². The van der Waals surface area contributed by atoms with E-state index in [1.165, 1.54) is 0 Å². The molecule has 13 heteroatoms. The first-order valence-electron chi connectivity index (χ1n) is 10.5. The number of carboxylic acid groups (broad SMARTS) is 1. The highest BCUT2D eigenvalue weighted by molar-refractivity contribution is 7.07. The average molecular weight is 524 g/mol. The molecule has 0 radical (unpaired) electrons. The van der Waals surface area contributed by atoms with Crippen LogP contribution in [0.2, 0.25) is 5.02 Å². The van der Waals surface area contributed by atoms with Gasteiger partial charge in [0.05, 0.1) is 0 Å². The number of benzene rings is 1. The van der Waals surface area contributed by atoms with Crippen LogP contribution in [0.25, 0.3) is 11.4 Å². The third-order valence-corrected chi connectivity index (χ3v) is 6.59. The van der Waals surface area contributed by atoms with E-state index in [4.69, 9.17) is 25.2 Å². The number of aliphatic carboxylic acids is 1. The van der Waals surface area contributed by atoms with E-state index in [0.29, 0.717) is 23.4 Å². The number of aromatic nitrogens is 3. The van der Waals surface area contributed by atoms with Crippen molar-refractivity contribution in [3.8, 4) is 17.9 Å². The van der Waals surface area contributed by atoms with Crippen LogP contribution in [-0.2, 0) is 14.9 Å². The van der Waals surface area contributed by atoms with Gasteiger partial charge >= 0.3 is 17.8 Å². The third-order valence-electron chi connectivity index (χ3n) is 5.48. The second-order valence-corrected chi connectivity index (χ2v) is 9.01. The maximum atomic E-state index is 12.5. The molecule has 1 fully saturated rings. The number of halogens is 1. The van der Waals surface area contributed by atoms with Crippen molar-refractivity contribution in [2.24, 2.45) is 0 Å². The summed E-state index contributed by atoms with van der Waals surface area (Å²) in [4.78, 5) is 32.4. The number of nitrogens with one attached hydrogen (secondary N) is 1.